The second kappa shape index (κ2) is 3.93. The van der Waals surface area contributed by atoms with Gasteiger partial charge in [0.05, 0.1) is 0 Å². The van der Waals surface area contributed by atoms with Gasteiger partial charge in [-0.15, -0.1) is 0 Å². The molecule has 2 atom stereocenters. The molecular formula is C10H24P2. The van der Waals surface area contributed by atoms with Crippen molar-refractivity contribution in [2.75, 3.05) is 13.3 Å². The molecule has 0 bridgehead atoms. The van der Waals surface area contributed by atoms with Crippen LogP contribution in [0.2, 0.25) is 0 Å². The fourth-order valence-electron chi connectivity index (χ4n) is 0.900. The van der Waals surface area contributed by atoms with Crippen molar-refractivity contribution in [3.63, 3.8) is 0 Å². The summed E-state index contributed by atoms with van der Waals surface area (Å²) in [6, 6.07) is 0. The van der Waals surface area contributed by atoms with Gasteiger partial charge in [-0.25, -0.2) is 0 Å². The van der Waals surface area contributed by atoms with Gasteiger partial charge in [0.25, 0.3) is 0 Å². The molecule has 0 rings (SSSR count). The lowest BCUT2D eigenvalue weighted by atomic mass is 10.3. The minimum Gasteiger partial charge on any atom is -0.0784 e. The minimum atomic E-state index is 0.194. The lowest BCUT2D eigenvalue weighted by Gasteiger charge is -2.40. The highest BCUT2D eigenvalue weighted by Gasteiger charge is 2.31. The first-order chi connectivity index (χ1) is 5.07. The van der Waals surface area contributed by atoms with Gasteiger partial charge in [-0.2, -0.15) is 0 Å². The van der Waals surface area contributed by atoms with Crippen LogP contribution < -0.4 is 0 Å². The van der Waals surface area contributed by atoms with E-state index in [4.69, 9.17) is 0 Å². The summed E-state index contributed by atoms with van der Waals surface area (Å²) in [5.74, 6) is 0. The topological polar surface area (TPSA) is 0 Å². The molecule has 2 unspecified atom stereocenters. The van der Waals surface area contributed by atoms with E-state index < -0.39 is 0 Å². The molecule has 0 amide bonds. The van der Waals surface area contributed by atoms with Crippen molar-refractivity contribution in [3.05, 3.63) is 0 Å². The third-order valence-corrected chi connectivity index (χ3v) is 13.5. The van der Waals surface area contributed by atoms with Crippen molar-refractivity contribution < 1.29 is 0 Å². The van der Waals surface area contributed by atoms with Gasteiger partial charge in [-0.3, -0.25) is 0 Å². The smallest absolute Gasteiger partial charge is 0.0143 e. The molecule has 0 radical (unpaired) electrons. The van der Waals surface area contributed by atoms with Crippen molar-refractivity contribution in [3.8, 4) is 0 Å². The van der Waals surface area contributed by atoms with Crippen LogP contribution >= 0.6 is 15.2 Å². The van der Waals surface area contributed by atoms with E-state index >= 15 is 0 Å². The molecular weight excluding hydrogens is 182 g/mol. The maximum Gasteiger partial charge on any atom is -0.0143 e. The van der Waals surface area contributed by atoms with Crippen LogP contribution in [0.5, 0.6) is 0 Å². The lowest BCUT2D eigenvalue weighted by Crippen LogP contribution is -2.16. The van der Waals surface area contributed by atoms with E-state index in [9.17, 15) is 0 Å². The maximum absolute atomic E-state index is 2.46. The molecule has 0 heterocycles. The van der Waals surface area contributed by atoms with Crippen molar-refractivity contribution in [1.82, 2.24) is 0 Å². The third kappa shape index (κ3) is 3.71. The van der Waals surface area contributed by atoms with Gasteiger partial charge in [0.15, 0.2) is 0 Å². The molecule has 0 aromatic heterocycles. The fraction of sp³-hybridized carbons (Fsp3) is 1.00. The van der Waals surface area contributed by atoms with Crippen LogP contribution in [0.1, 0.15) is 41.5 Å². The summed E-state index contributed by atoms with van der Waals surface area (Å²) in [5.41, 5.74) is 0. The zero-order valence-corrected chi connectivity index (χ0v) is 11.7. The third-order valence-electron chi connectivity index (χ3n) is 2.39. The Morgan fingerprint density at radius 3 is 0.833 bits per heavy atom. The molecule has 0 fully saturated rings. The molecule has 0 aliphatic carbocycles. The highest BCUT2D eigenvalue weighted by Crippen LogP contribution is 2.76. The van der Waals surface area contributed by atoms with Crippen molar-refractivity contribution in [1.29, 1.82) is 0 Å². The number of hydrogen-bond donors (Lipinski definition) is 0. The second-order valence-electron chi connectivity index (χ2n) is 5.39. The molecule has 0 aromatic rings. The van der Waals surface area contributed by atoms with Gasteiger partial charge in [0.2, 0.25) is 0 Å². The monoisotopic (exact) mass is 206 g/mol. The van der Waals surface area contributed by atoms with E-state index in [0.29, 0.717) is 10.3 Å². The highest BCUT2D eigenvalue weighted by atomic mass is 32.1. The molecule has 0 aliphatic heterocycles. The van der Waals surface area contributed by atoms with Crippen LogP contribution in [-0.4, -0.2) is 23.6 Å². The molecule has 0 saturated heterocycles. The van der Waals surface area contributed by atoms with E-state index in [1.165, 1.54) is 0 Å². The van der Waals surface area contributed by atoms with Crippen LogP contribution in [0.25, 0.3) is 0 Å². The fourth-order valence-corrected chi connectivity index (χ4v) is 8.10. The molecule has 2 heteroatoms. The van der Waals surface area contributed by atoms with Crippen LogP contribution in [0, 0.1) is 0 Å². The minimum absolute atomic E-state index is 0.194. The Hall–Kier alpha value is 0.860. The Kier molecular flexibility index (Phi) is 4.21. The molecule has 0 aromatic carbocycles. The molecule has 74 valence electrons. The van der Waals surface area contributed by atoms with Gasteiger partial charge in [-0.05, 0) is 23.6 Å². The summed E-state index contributed by atoms with van der Waals surface area (Å²) < 4.78 is 0. The van der Waals surface area contributed by atoms with Gasteiger partial charge in [0.1, 0.15) is 0 Å². The van der Waals surface area contributed by atoms with E-state index in [2.05, 4.69) is 54.9 Å². The van der Waals surface area contributed by atoms with Crippen LogP contribution in [0.3, 0.4) is 0 Å². The Labute approximate surface area is 80.9 Å². The van der Waals surface area contributed by atoms with Crippen LogP contribution in [-0.2, 0) is 0 Å². The van der Waals surface area contributed by atoms with Crippen molar-refractivity contribution >= 4 is 15.2 Å². The SMILES string of the molecule is CP(P(C)C(C)(C)C)C(C)(C)C. The average molecular weight is 206 g/mol. The highest BCUT2D eigenvalue weighted by molar-refractivity contribution is 8.30. The number of rotatable bonds is 1. The van der Waals surface area contributed by atoms with Gasteiger partial charge in [0, 0.05) is 0 Å². The zero-order chi connectivity index (χ0) is 10.2. The van der Waals surface area contributed by atoms with Gasteiger partial charge in [-0.1, -0.05) is 56.8 Å². The molecule has 0 aliphatic rings. The maximum atomic E-state index is 2.46. The molecule has 0 spiro atoms. The Morgan fingerprint density at radius 1 is 0.583 bits per heavy atom. The summed E-state index contributed by atoms with van der Waals surface area (Å²) in [6.07, 6.45) is 0. The summed E-state index contributed by atoms with van der Waals surface area (Å²) in [5, 5.41) is 1.06. The first kappa shape index (κ1) is 12.9. The summed E-state index contributed by atoms with van der Waals surface area (Å²) in [4.78, 5) is 0. The number of hydrogen-bond acceptors (Lipinski definition) is 0. The Bertz CT molecular complexity index is 121. The quantitative estimate of drug-likeness (QED) is 0.544. The Morgan fingerprint density at radius 2 is 0.750 bits per heavy atom. The summed E-state index contributed by atoms with van der Waals surface area (Å²) in [6.45, 7) is 19.2. The summed E-state index contributed by atoms with van der Waals surface area (Å²) in [7, 11) is 0.388. The van der Waals surface area contributed by atoms with Crippen molar-refractivity contribution in [2.45, 2.75) is 51.9 Å². The standard InChI is InChI=1S/C10H24P2/c1-9(2,3)11(7)12(8)10(4,5)6/h1-8H3. The largest absolute Gasteiger partial charge is 0.0784 e. The average Bonchev–Trinajstić information content (AvgIpc) is 1.80. The van der Waals surface area contributed by atoms with Crippen LogP contribution in [0.4, 0.5) is 0 Å². The molecule has 12 heavy (non-hydrogen) atoms. The first-order valence-corrected chi connectivity index (χ1v) is 8.82. The predicted octanol–water partition coefficient (Wildman–Crippen LogP) is 4.72. The van der Waals surface area contributed by atoms with Crippen molar-refractivity contribution in [2.24, 2.45) is 0 Å². The lowest BCUT2D eigenvalue weighted by molar-refractivity contribution is 0.778. The van der Waals surface area contributed by atoms with E-state index in [-0.39, 0.29) is 15.2 Å². The van der Waals surface area contributed by atoms with E-state index in [1.54, 1.807) is 0 Å². The van der Waals surface area contributed by atoms with Gasteiger partial charge >= 0.3 is 0 Å². The molecule has 0 N–H and O–H groups in total. The summed E-state index contributed by atoms with van der Waals surface area (Å²) >= 11 is 0. The molecule has 0 nitrogen and oxygen atoms in total. The van der Waals surface area contributed by atoms with Gasteiger partial charge < -0.3 is 0 Å². The second-order valence-corrected chi connectivity index (χ2v) is 13.8. The van der Waals surface area contributed by atoms with Crippen LogP contribution in [0.15, 0.2) is 0 Å². The molecule has 0 saturated carbocycles. The van der Waals surface area contributed by atoms with E-state index in [1.807, 2.05) is 0 Å². The predicted molar refractivity (Wildman–Crippen MR) is 65.2 cm³/mol. The Balaban J connectivity index is 4.41. The first-order valence-electron chi connectivity index (χ1n) is 4.54. The van der Waals surface area contributed by atoms with E-state index in [0.717, 1.165) is 0 Å². The zero-order valence-electron chi connectivity index (χ0n) is 9.89. The normalized spacial score (nSPS) is 19.0.